The lowest BCUT2D eigenvalue weighted by Gasteiger charge is -2.27. The molecule has 0 aromatic heterocycles. The van der Waals surface area contributed by atoms with Crippen molar-refractivity contribution >= 4 is 11.6 Å². The van der Waals surface area contributed by atoms with Gasteiger partial charge < -0.3 is 4.74 Å². The highest BCUT2D eigenvalue weighted by atomic mass is 16.5. The van der Waals surface area contributed by atoms with E-state index in [4.69, 9.17) is 4.74 Å². The van der Waals surface area contributed by atoms with Gasteiger partial charge in [-0.15, -0.1) is 0 Å². The maximum absolute atomic E-state index is 12.4. The molecule has 3 nitrogen and oxygen atoms in total. The molecule has 0 aliphatic carbocycles. The Bertz CT molecular complexity index is 329. The van der Waals surface area contributed by atoms with Crippen molar-refractivity contribution in [2.24, 2.45) is 17.3 Å². The number of rotatable bonds is 7. The van der Waals surface area contributed by atoms with Crippen molar-refractivity contribution in [3.63, 3.8) is 0 Å². The van der Waals surface area contributed by atoms with Crippen LogP contribution in [-0.4, -0.2) is 23.8 Å². The summed E-state index contributed by atoms with van der Waals surface area (Å²) < 4.78 is 5.48. The Morgan fingerprint density at radius 2 is 1.50 bits per heavy atom. The van der Waals surface area contributed by atoms with Crippen LogP contribution in [0.25, 0.3) is 0 Å². The van der Waals surface area contributed by atoms with Crippen LogP contribution in [0.2, 0.25) is 0 Å². The van der Waals surface area contributed by atoms with Gasteiger partial charge in [0.1, 0.15) is 12.4 Å². The Balaban J connectivity index is 4.43. The summed E-state index contributed by atoms with van der Waals surface area (Å²) in [5.74, 6) is 0.538. The molecular formula is C17H32O3. The van der Waals surface area contributed by atoms with E-state index in [0.717, 1.165) is 0 Å². The maximum atomic E-state index is 12.4. The van der Waals surface area contributed by atoms with E-state index in [9.17, 15) is 9.59 Å². The molecule has 118 valence electrons. The van der Waals surface area contributed by atoms with Crippen LogP contribution >= 0.6 is 0 Å². The molecule has 0 saturated heterocycles. The fraction of sp³-hybridized carbons (Fsp3) is 0.882. The first kappa shape index (κ1) is 19.3. The third-order valence-corrected chi connectivity index (χ3v) is 3.28. The number of Topliss-reactive ketones (excluding diaryl/α,β-unsaturated/α-hetero) is 2. The van der Waals surface area contributed by atoms with Crippen molar-refractivity contribution in [1.29, 1.82) is 0 Å². The van der Waals surface area contributed by atoms with Crippen LogP contribution < -0.4 is 0 Å². The Hall–Kier alpha value is -0.700. The predicted molar refractivity (Wildman–Crippen MR) is 82.7 cm³/mol. The lowest BCUT2D eigenvalue weighted by Crippen LogP contribution is -2.32. The number of hydrogen-bond donors (Lipinski definition) is 0. The number of carbonyl (C=O) groups is 2. The fourth-order valence-electron chi connectivity index (χ4n) is 2.01. The summed E-state index contributed by atoms with van der Waals surface area (Å²) in [5, 5.41) is 0. The summed E-state index contributed by atoms with van der Waals surface area (Å²) in [4.78, 5) is 24.2. The van der Waals surface area contributed by atoms with Crippen LogP contribution in [0, 0.1) is 17.3 Å². The molecule has 0 saturated carbocycles. The minimum absolute atomic E-state index is 0.0476. The van der Waals surface area contributed by atoms with E-state index in [1.807, 2.05) is 55.4 Å². The average Bonchev–Trinajstić information content (AvgIpc) is 2.23. The first-order chi connectivity index (χ1) is 8.84. The summed E-state index contributed by atoms with van der Waals surface area (Å²) in [6, 6.07) is 0. The quantitative estimate of drug-likeness (QED) is 0.708. The highest BCUT2D eigenvalue weighted by Crippen LogP contribution is 2.28. The minimum Gasteiger partial charge on any atom is -0.368 e. The minimum atomic E-state index is -0.347. The summed E-state index contributed by atoms with van der Waals surface area (Å²) in [6.45, 7) is 15.8. The molecule has 0 aromatic carbocycles. The number of ketones is 2. The zero-order valence-electron chi connectivity index (χ0n) is 14.5. The van der Waals surface area contributed by atoms with E-state index in [0.29, 0.717) is 12.8 Å². The normalized spacial score (nSPS) is 14.4. The van der Waals surface area contributed by atoms with Gasteiger partial charge in [-0.2, -0.15) is 0 Å². The molecule has 0 unspecified atom stereocenters. The van der Waals surface area contributed by atoms with Gasteiger partial charge in [0, 0.05) is 17.8 Å². The number of carbonyl (C=O) groups excluding carboxylic acids is 2. The molecule has 3 heteroatoms. The molecule has 0 N–H and O–H groups in total. The summed E-state index contributed by atoms with van der Waals surface area (Å²) in [5.41, 5.74) is -0.645. The Morgan fingerprint density at radius 3 is 1.85 bits per heavy atom. The van der Waals surface area contributed by atoms with Gasteiger partial charge in [-0.05, 0) is 33.1 Å². The molecule has 0 heterocycles. The van der Waals surface area contributed by atoms with Gasteiger partial charge in [0.25, 0.3) is 0 Å². The highest BCUT2D eigenvalue weighted by molar-refractivity contribution is 5.87. The Kier molecular flexibility index (Phi) is 7.09. The van der Waals surface area contributed by atoms with Crippen LogP contribution in [0.5, 0.6) is 0 Å². The van der Waals surface area contributed by atoms with E-state index in [1.165, 1.54) is 0 Å². The van der Waals surface area contributed by atoms with Crippen LogP contribution in [0.1, 0.15) is 68.2 Å². The molecular weight excluding hydrogens is 252 g/mol. The topological polar surface area (TPSA) is 43.4 Å². The summed E-state index contributed by atoms with van der Waals surface area (Å²) in [6.07, 6.45) is 1.04. The van der Waals surface area contributed by atoms with Gasteiger partial charge in [-0.25, -0.2) is 0 Å². The first-order valence-corrected chi connectivity index (χ1v) is 7.54. The molecule has 0 aliphatic rings. The molecule has 0 fully saturated rings. The Morgan fingerprint density at radius 1 is 1.00 bits per heavy atom. The molecule has 20 heavy (non-hydrogen) atoms. The van der Waals surface area contributed by atoms with Crippen molar-refractivity contribution in [2.45, 2.75) is 73.8 Å². The SMILES string of the molecule is CC(C)[C@@H](CCC(=O)COC(C)(C)C)C(=O)C(C)(C)C. The monoisotopic (exact) mass is 284 g/mol. The first-order valence-electron chi connectivity index (χ1n) is 7.54. The lowest BCUT2D eigenvalue weighted by molar-refractivity contribution is -0.133. The second-order valence-electron chi connectivity index (χ2n) is 7.94. The van der Waals surface area contributed by atoms with Crippen molar-refractivity contribution in [3.05, 3.63) is 0 Å². The van der Waals surface area contributed by atoms with E-state index in [1.54, 1.807) is 0 Å². The molecule has 0 aromatic rings. The third kappa shape index (κ3) is 7.78. The molecule has 0 bridgehead atoms. The van der Waals surface area contributed by atoms with Crippen molar-refractivity contribution in [1.82, 2.24) is 0 Å². The zero-order valence-corrected chi connectivity index (χ0v) is 14.5. The highest BCUT2D eigenvalue weighted by Gasteiger charge is 2.31. The van der Waals surface area contributed by atoms with Gasteiger partial charge in [-0.3, -0.25) is 9.59 Å². The van der Waals surface area contributed by atoms with E-state index in [2.05, 4.69) is 0 Å². The Labute approximate surface area is 124 Å². The van der Waals surface area contributed by atoms with Crippen LogP contribution in [0.4, 0.5) is 0 Å². The third-order valence-electron chi connectivity index (χ3n) is 3.28. The standard InChI is InChI=1S/C17H32O3/c1-12(2)14(15(19)16(3,4)5)10-9-13(18)11-20-17(6,7)8/h12,14H,9-11H2,1-8H3/t14-/m1/s1. The van der Waals surface area contributed by atoms with E-state index in [-0.39, 0.29) is 41.0 Å². The van der Waals surface area contributed by atoms with Gasteiger partial charge >= 0.3 is 0 Å². The van der Waals surface area contributed by atoms with E-state index >= 15 is 0 Å². The van der Waals surface area contributed by atoms with Gasteiger partial charge in [0.15, 0.2) is 5.78 Å². The van der Waals surface area contributed by atoms with Crippen molar-refractivity contribution < 1.29 is 14.3 Å². The lowest BCUT2D eigenvalue weighted by atomic mass is 9.76. The van der Waals surface area contributed by atoms with Crippen LogP contribution in [0.3, 0.4) is 0 Å². The second-order valence-corrected chi connectivity index (χ2v) is 7.94. The van der Waals surface area contributed by atoms with E-state index < -0.39 is 0 Å². The molecule has 0 amide bonds. The zero-order chi connectivity index (χ0) is 16.1. The summed E-state index contributed by atoms with van der Waals surface area (Å²) >= 11 is 0. The molecule has 1 atom stereocenters. The molecule has 0 rings (SSSR count). The van der Waals surface area contributed by atoms with Crippen molar-refractivity contribution in [3.8, 4) is 0 Å². The maximum Gasteiger partial charge on any atom is 0.158 e. The van der Waals surface area contributed by atoms with Gasteiger partial charge in [-0.1, -0.05) is 34.6 Å². The van der Waals surface area contributed by atoms with Crippen molar-refractivity contribution in [2.75, 3.05) is 6.61 Å². The molecule has 0 spiro atoms. The number of hydrogen-bond acceptors (Lipinski definition) is 3. The predicted octanol–water partition coefficient (Wildman–Crippen LogP) is 4.04. The summed E-state index contributed by atoms with van der Waals surface area (Å²) in [7, 11) is 0. The smallest absolute Gasteiger partial charge is 0.158 e. The largest absolute Gasteiger partial charge is 0.368 e. The van der Waals surface area contributed by atoms with Gasteiger partial charge in [0.2, 0.25) is 0 Å². The van der Waals surface area contributed by atoms with Crippen LogP contribution in [0.15, 0.2) is 0 Å². The van der Waals surface area contributed by atoms with Crippen LogP contribution in [-0.2, 0) is 14.3 Å². The fourth-order valence-corrected chi connectivity index (χ4v) is 2.01. The van der Waals surface area contributed by atoms with Gasteiger partial charge in [0.05, 0.1) is 5.60 Å². The second kappa shape index (κ2) is 7.35. The average molecular weight is 284 g/mol. The molecule has 0 radical (unpaired) electrons. The number of ether oxygens (including phenoxy) is 1. The molecule has 0 aliphatic heterocycles.